The summed E-state index contributed by atoms with van der Waals surface area (Å²) < 4.78 is 5.45. The first kappa shape index (κ1) is 13.7. The molecule has 0 aliphatic carbocycles. The first-order valence-electron chi connectivity index (χ1n) is 6.12. The van der Waals surface area contributed by atoms with Crippen LogP contribution in [0.1, 0.15) is 23.3 Å². The third kappa shape index (κ3) is 4.46. The molecule has 1 saturated heterocycles. The second-order valence-corrected chi connectivity index (χ2v) is 4.55. The minimum absolute atomic E-state index is 0.200. The summed E-state index contributed by atoms with van der Waals surface area (Å²) in [5.74, 6) is -0.332. The van der Waals surface area contributed by atoms with E-state index >= 15 is 0 Å². The van der Waals surface area contributed by atoms with Gasteiger partial charge in [0.25, 0.3) is 5.91 Å². The number of aromatic nitrogens is 1. The molecule has 19 heavy (non-hydrogen) atoms. The van der Waals surface area contributed by atoms with Crippen molar-refractivity contribution in [2.45, 2.75) is 18.9 Å². The molecule has 7 heteroatoms. The van der Waals surface area contributed by atoms with Crippen LogP contribution >= 0.6 is 12.2 Å². The molecule has 0 radical (unpaired) electrons. The van der Waals surface area contributed by atoms with Gasteiger partial charge < -0.3 is 10.1 Å². The first-order chi connectivity index (χ1) is 9.25. The minimum Gasteiger partial charge on any atom is -0.376 e. The molecular weight excluding hydrogens is 264 g/mol. The Kier molecular flexibility index (Phi) is 5.05. The van der Waals surface area contributed by atoms with Crippen molar-refractivity contribution in [2.24, 2.45) is 0 Å². The highest BCUT2D eigenvalue weighted by Gasteiger charge is 2.15. The van der Waals surface area contributed by atoms with Crippen molar-refractivity contribution in [1.82, 2.24) is 21.2 Å². The number of ether oxygens (including phenoxy) is 1. The van der Waals surface area contributed by atoms with Crippen LogP contribution in [0.25, 0.3) is 0 Å². The Morgan fingerprint density at radius 3 is 3.05 bits per heavy atom. The summed E-state index contributed by atoms with van der Waals surface area (Å²) in [6.07, 6.45) is 3.88. The fourth-order valence-electron chi connectivity index (χ4n) is 1.73. The van der Waals surface area contributed by atoms with E-state index in [9.17, 15) is 4.79 Å². The molecule has 0 saturated carbocycles. The second-order valence-electron chi connectivity index (χ2n) is 4.14. The van der Waals surface area contributed by atoms with Crippen LogP contribution in [0, 0.1) is 0 Å². The molecular formula is C12H16N4O2S. The Balaban J connectivity index is 1.67. The van der Waals surface area contributed by atoms with Gasteiger partial charge >= 0.3 is 0 Å². The molecule has 1 aliphatic rings. The van der Waals surface area contributed by atoms with Gasteiger partial charge in [-0.2, -0.15) is 0 Å². The van der Waals surface area contributed by atoms with E-state index in [1.54, 1.807) is 24.4 Å². The van der Waals surface area contributed by atoms with Crippen LogP contribution in [0.3, 0.4) is 0 Å². The number of nitrogens with zero attached hydrogens (tertiary/aromatic N) is 1. The van der Waals surface area contributed by atoms with Gasteiger partial charge in [-0.05, 0) is 37.2 Å². The van der Waals surface area contributed by atoms with Crippen LogP contribution < -0.4 is 16.2 Å². The topological polar surface area (TPSA) is 75.3 Å². The van der Waals surface area contributed by atoms with E-state index in [4.69, 9.17) is 17.0 Å². The van der Waals surface area contributed by atoms with Gasteiger partial charge in [-0.25, -0.2) is 0 Å². The summed E-state index contributed by atoms with van der Waals surface area (Å²) in [5.41, 5.74) is 5.44. The molecule has 6 nitrogen and oxygen atoms in total. The predicted molar refractivity (Wildman–Crippen MR) is 74.4 cm³/mol. The molecule has 3 N–H and O–H groups in total. The molecule has 1 atom stereocenters. The Labute approximate surface area is 116 Å². The van der Waals surface area contributed by atoms with Gasteiger partial charge in [0.2, 0.25) is 0 Å². The number of hydrazine groups is 1. The normalized spacial score (nSPS) is 17.8. The number of pyridine rings is 1. The predicted octanol–water partition coefficient (Wildman–Crippen LogP) is 0.369. The molecule has 1 fully saturated rings. The van der Waals surface area contributed by atoms with E-state index in [0.717, 1.165) is 19.4 Å². The number of hydrogen-bond donors (Lipinski definition) is 3. The molecule has 1 aromatic heterocycles. The largest absolute Gasteiger partial charge is 0.376 e. The van der Waals surface area contributed by atoms with Crippen LogP contribution in [0.15, 0.2) is 24.4 Å². The Hall–Kier alpha value is -1.73. The van der Waals surface area contributed by atoms with Gasteiger partial charge in [-0.3, -0.25) is 20.6 Å². The van der Waals surface area contributed by atoms with Crippen molar-refractivity contribution in [3.63, 3.8) is 0 Å². The van der Waals surface area contributed by atoms with Crippen molar-refractivity contribution < 1.29 is 9.53 Å². The van der Waals surface area contributed by atoms with E-state index in [1.807, 2.05) is 0 Å². The third-order valence-corrected chi connectivity index (χ3v) is 2.95. The fraction of sp³-hybridized carbons (Fsp3) is 0.417. The number of thiocarbonyl (C=S) groups is 1. The molecule has 0 bridgehead atoms. The van der Waals surface area contributed by atoms with E-state index < -0.39 is 0 Å². The number of rotatable bonds is 3. The van der Waals surface area contributed by atoms with Crippen molar-refractivity contribution in [2.75, 3.05) is 13.2 Å². The summed E-state index contributed by atoms with van der Waals surface area (Å²) in [6, 6.07) is 5.12. The maximum absolute atomic E-state index is 11.7. The molecule has 0 aromatic carbocycles. The van der Waals surface area contributed by atoms with Crippen LogP contribution in [-0.2, 0) is 4.74 Å². The minimum atomic E-state index is -0.332. The molecule has 1 unspecified atom stereocenters. The van der Waals surface area contributed by atoms with E-state index in [0.29, 0.717) is 17.4 Å². The highest BCUT2D eigenvalue weighted by Crippen LogP contribution is 2.10. The number of nitrogens with one attached hydrogen (secondary N) is 3. The average Bonchev–Trinajstić information content (AvgIpc) is 2.96. The van der Waals surface area contributed by atoms with Crippen molar-refractivity contribution in [1.29, 1.82) is 0 Å². The summed E-state index contributed by atoms with van der Waals surface area (Å²) in [7, 11) is 0. The molecule has 102 valence electrons. The van der Waals surface area contributed by atoms with Gasteiger partial charge in [0.15, 0.2) is 5.11 Å². The first-order valence-corrected chi connectivity index (χ1v) is 6.53. The Morgan fingerprint density at radius 2 is 2.37 bits per heavy atom. The van der Waals surface area contributed by atoms with Gasteiger partial charge in [0, 0.05) is 19.3 Å². The lowest BCUT2D eigenvalue weighted by Gasteiger charge is -2.14. The van der Waals surface area contributed by atoms with Crippen LogP contribution in [0.2, 0.25) is 0 Å². The van der Waals surface area contributed by atoms with Crippen molar-refractivity contribution in [3.8, 4) is 0 Å². The quantitative estimate of drug-likeness (QED) is 0.549. The molecule has 2 rings (SSSR count). The lowest BCUT2D eigenvalue weighted by atomic mass is 10.2. The third-order valence-electron chi connectivity index (χ3n) is 2.70. The van der Waals surface area contributed by atoms with Crippen LogP contribution in [0.4, 0.5) is 0 Å². The summed E-state index contributed by atoms with van der Waals surface area (Å²) in [6.45, 7) is 1.45. The van der Waals surface area contributed by atoms with Gasteiger partial charge in [-0.15, -0.1) is 0 Å². The van der Waals surface area contributed by atoms with E-state index in [2.05, 4.69) is 21.2 Å². The lowest BCUT2D eigenvalue weighted by Crippen LogP contribution is -2.48. The summed E-state index contributed by atoms with van der Waals surface area (Å²) in [4.78, 5) is 15.6. The molecule has 2 heterocycles. The van der Waals surface area contributed by atoms with Gasteiger partial charge in [-0.1, -0.05) is 6.07 Å². The standard InChI is InChI=1S/C12H16N4O2S/c17-11(10-5-1-2-6-13-10)15-16-12(19)14-8-9-4-3-7-18-9/h1-2,5-6,9H,3-4,7-8H2,(H,15,17)(H2,14,16,19). The maximum Gasteiger partial charge on any atom is 0.288 e. The zero-order valence-electron chi connectivity index (χ0n) is 10.4. The number of amides is 1. The van der Waals surface area contributed by atoms with E-state index in [1.165, 1.54) is 0 Å². The Bertz CT molecular complexity index is 435. The summed E-state index contributed by atoms with van der Waals surface area (Å²) in [5, 5.41) is 3.35. The zero-order valence-corrected chi connectivity index (χ0v) is 11.2. The summed E-state index contributed by atoms with van der Waals surface area (Å²) >= 11 is 5.04. The van der Waals surface area contributed by atoms with Crippen LogP contribution in [0.5, 0.6) is 0 Å². The Morgan fingerprint density at radius 1 is 1.47 bits per heavy atom. The zero-order chi connectivity index (χ0) is 13.5. The molecule has 1 aromatic rings. The second kappa shape index (κ2) is 7.01. The fourth-order valence-corrected chi connectivity index (χ4v) is 1.87. The average molecular weight is 280 g/mol. The monoisotopic (exact) mass is 280 g/mol. The number of hydrogen-bond acceptors (Lipinski definition) is 4. The highest BCUT2D eigenvalue weighted by atomic mass is 32.1. The molecule has 0 spiro atoms. The molecule has 1 aliphatic heterocycles. The number of carbonyl (C=O) groups is 1. The molecule has 1 amide bonds. The number of carbonyl (C=O) groups excluding carboxylic acids is 1. The smallest absolute Gasteiger partial charge is 0.288 e. The van der Waals surface area contributed by atoms with Crippen LogP contribution in [-0.4, -0.2) is 35.3 Å². The van der Waals surface area contributed by atoms with E-state index in [-0.39, 0.29) is 12.0 Å². The van der Waals surface area contributed by atoms with Gasteiger partial charge in [0.05, 0.1) is 6.10 Å². The van der Waals surface area contributed by atoms with Gasteiger partial charge in [0.1, 0.15) is 5.69 Å². The highest BCUT2D eigenvalue weighted by molar-refractivity contribution is 7.80. The maximum atomic E-state index is 11.7. The van der Waals surface area contributed by atoms with Crippen molar-refractivity contribution in [3.05, 3.63) is 30.1 Å². The van der Waals surface area contributed by atoms with Crippen molar-refractivity contribution >= 4 is 23.2 Å². The lowest BCUT2D eigenvalue weighted by molar-refractivity contribution is 0.0938. The SMILES string of the molecule is O=C(NNC(=S)NCC1CCCO1)c1ccccn1.